The van der Waals surface area contributed by atoms with Crippen LogP contribution in [0.15, 0.2) is 8.80 Å². The van der Waals surface area contributed by atoms with Crippen LogP contribution in [-0.2, 0) is 20.0 Å². The molecule has 0 aromatic rings. The summed E-state index contributed by atoms with van der Waals surface area (Å²) in [5.41, 5.74) is 9.90. The van der Waals surface area contributed by atoms with Crippen molar-refractivity contribution in [3.63, 3.8) is 0 Å². The molecular formula is C7H20N4O4S2. The van der Waals surface area contributed by atoms with Crippen LogP contribution in [0, 0.1) is 0 Å². The van der Waals surface area contributed by atoms with Crippen LogP contribution in [0.2, 0.25) is 0 Å². The summed E-state index contributed by atoms with van der Waals surface area (Å²) in [6, 6.07) is 0. The zero-order valence-electron chi connectivity index (χ0n) is 9.50. The fraction of sp³-hybridized carbons (Fsp3) is 0.714. The Labute approximate surface area is 103 Å². The van der Waals surface area contributed by atoms with Gasteiger partial charge in [0, 0.05) is 0 Å². The zero-order valence-corrected chi connectivity index (χ0v) is 11.1. The molecule has 10 heteroatoms. The lowest BCUT2D eigenvalue weighted by atomic mass is 10.8. The normalized spacial score (nSPS) is 13.2. The lowest BCUT2D eigenvalue weighted by molar-refractivity contribution is 0.602. The lowest BCUT2D eigenvalue weighted by Crippen LogP contribution is -2.08. The molecule has 4 N–H and O–H groups in total. The summed E-state index contributed by atoms with van der Waals surface area (Å²) in [4.78, 5) is 0. The van der Waals surface area contributed by atoms with Crippen LogP contribution < -0.4 is 11.5 Å². The molecule has 0 aliphatic rings. The first kappa shape index (κ1) is 21.2. The second-order valence-electron chi connectivity index (χ2n) is 2.93. The predicted octanol–water partition coefficient (Wildman–Crippen LogP) is -0.718. The Kier molecular flexibility index (Phi) is 9.97. The van der Waals surface area contributed by atoms with Crippen molar-refractivity contribution >= 4 is 31.7 Å². The van der Waals surface area contributed by atoms with Gasteiger partial charge in [-0.05, 0) is 13.8 Å². The van der Waals surface area contributed by atoms with Gasteiger partial charge in [0.15, 0.2) is 0 Å². The Morgan fingerprint density at radius 1 is 0.824 bits per heavy atom. The van der Waals surface area contributed by atoms with Crippen molar-refractivity contribution in [1.29, 1.82) is 0 Å². The highest BCUT2D eigenvalue weighted by atomic mass is 32.2. The molecule has 0 rings (SSSR count). The zero-order chi connectivity index (χ0) is 13.6. The number of hydrogen-bond donors (Lipinski definition) is 2. The third-order valence-electron chi connectivity index (χ3n) is 0.620. The highest BCUT2D eigenvalue weighted by Gasteiger charge is 1.93. The van der Waals surface area contributed by atoms with E-state index < -0.39 is 20.0 Å². The molecule has 0 aromatic heterocycles. The number of amidine groups is 2. The van der Waals surface area contributed by atoms with Gasteiger partial charge in [-0.1, -0.05) is 7.43 Å². The highest BCUT2D eigenvalue weighted by Crippen LogP contribution is 1.82. The minimum atomic E-state index is -3.26. The van der Waals surface area contributed by atoms with Crippen LogP contribution in [0.3, 0.4) is 0 Å². The molecule has 0 aliphatic heterocycles. The molecule has 104 valence electrons. The van der Waals surface area contributed by atoms with Crippen LogP contribution in [0.25, 0.3) is 0 Å². The number of nitrogens with two attached hydrogens (primary N) is 2. The van der Waals surface area contributed by atoms with E-state index in [-0.39, 0.29) is 19.1 Å². The minimum absolute atomic E-state index is 0. The van der Waals surface area contributed by atoms with Gasteiger partial charge in [0.1, 0.15) is 11.7 Å². The van der Waals surface area contributed by atoms with Crippen LogP contribution in [0.1, 0.15) is 21.3 Å². The van der Waals surface area contributed by atoms with Crippen molar-refractivity contribution in [2.24, 2.45) is 20.3 Å². The first-order valence-electron chi connectivity index (χ1n) is 3.87. The van der Waals surface area contributed by atoms with Gasteiger partial charge in [0.2, 0.25) is 0 Å². The van der Waals surface area contributed by atoms with E-state index in [1.165, 1.54) is 13.8 Å². The Balaban J connectivity index is -0.000000218. The maximum atomic E-state index is 10.2. The van der Waals surface area contributed by atoms with Gasteiger partial charge in [0.25, 0.3) is 20.0 Å². The van der Waals surface area contributed by atoms with Crippen molar-refractivity contribution in [2.45, 2.75) is 21.3 Å². The Morgan fingerprint density at radius 3 is 1.00 bits per heavy atom. The van der Waals surface area contributed by atoms with E-state index >= 15 is 0 Å². The molecule has 8 nitrogen and oxygen atoms in total. The lowest BCUT2D eigenvalue weighted by Gasteiger charge is -1.85. The maximum absolute atomic E-state index is 10.2. The molecule has 0 unspecified atom stereocenters. The summed E-state index contributed by atoms with van der Waals surface area (Å²) in [5.74, 6) is 0.125. The summed E-state index contributed by atoms with van der Waals surface area (Å²) >= 11 is 0. The average molecular weight is 288 g/mol. The van der Waals surface area contributed by atoms with Gasteiger partial charge in [-0.2, -0.15) is 8.80 Å². The van der Waals surface area contributed by atoms with E-state index in [0.717, 1.165) is 12.5 Å². The van der Waals surface area contributed by atoms with E-state index in [1.54, 1.807) is 0 Å². The third kappa shape index (κ3) is 31.3. The molecule has 0 saturated heterocycles. The number of rotatable bonds is 2. The first-order valence-corrected chi connectivity index (χ1v) is 7.57. The number of sulfonamides is 2. The Bertz CT molecular complexity index is 422. The SMILES string of the molecule is C.CC(N)=NS(C)(=O)=O.CC(N)=NS(C)(=O)=O. The smallest absolute Gasteiger partial charge is 0.251 e. The largest absolute Gasteiger partial charge is 0.387 e. The minimum Gasteiger partial charge on any atom is -0.387 e. The van der Waals surface area contributed by atoms with Gasteiger partial charge in [-0.15, -0.1) is 0 Å². The molecule has 0 saturated carbocycles. The third-order valence-corrected chi connectivity index (χ3v) is 1.86. The van der Waals surface area contributed by atoms with Crippen molar-refractivity contribution in [1.82, 2.24) is 0 Å². The number of nitrogens with zero attached hydrogens (tertiary/aromatic N) is 2. The van der Waals surface area contributed by atoms with Gasteiger partial charge >= 0.3 is 0 Å². The molecular weight excluding hydrogens is 268 g/mol. The van der Waals surface area contributed by atoms with Crippen LogP contribution in [0.4, 0.5) is 0 Å². The monoisotopic (exact) mass is 288 g/mol. The predicted molar refractivity (Wildman–Crippen MR) is 71.0 cm³/mol. The molecule has 17 heavy (non-hydrogen) atoms. The molecule has 0 spiro atoms. The summed E-state index contributed by atoms with van der Waals surface area (Å²) < 4.78 is 46.8. The van der Waals surface area contributed by atoms with Gasteiger partial charge in [-0.25, -0.2) is 16.8 Å². The number of hydrogen-bond acceptors (Lipinski definition) is 4. The van der Waals surface area contributed by atoms with Crippen molar-refractivity contribution in [3.05, 3.63) is 0 Å². The maximum Gasteiger partial charge on any atom is 0.251 e. The standard InChI is InChI=1S/2C3H8N2O2S.CH4/c2*1-3(4)5-8(2,6)7;/h2*1-2H3,(H2,4,5);1H4. The van der Waals surface area contributed by atoms with E-state index in [0.29, 0.717) is 0 Å². The quantitative estimate of drug-likeness (QED) is 0.506. The first-order chi connectivity index (χ1) is 6.83. The van der Waals surface area contributed by atoms with Gasteiger partial charge in [0.05, 0.1) is 12.5 Å². The molecule has 0 amide bonds. The van der Waals surface area contributed by atoms with Crippen LogP contribution in [-0.4, -0.2) is 41.0 Å². The molecule has 0 bridgehead atoms. The summed E-state index contributed by atoms with van der Waals surface area (Å²) in [6.07, 6.45) is 1.98. The van der Waals surface area contributed by atoms with E-state index in [9.17, 15) is 16.8 Å². The molecule has 0 fully saturated rings. The summed E-state index contributed by atoms with van der Waals surface area (Å²) in [7, 11) is -6.52. The van der Waals surface area contributed by atoms with Crippen LogP contribution in [0.5, 0.6) is 0 Å². The summed E-state index contributed by atoms with van der Waals surface area (Å²) in [6.45, 7) is 2.84. The molecule has 0 atom stereocenters. The van der Waals surface area contributed by atoms with E-state index in [2.05, 4.69) is 8.80 Å². The van der Waals surface area contributed by atoms with Gasteiger partial charge < -0.3 is 11.5 Å². The molecule has 0 aliphatic carbocycles. The molecule has 0 radical (unpaired) electrons. The Morgan fingerprint density at radius 2 is 1.00 bits per heavy atom. The second kappa shape index (κ2) is 8.01. The van der Waals surface area contributed by atoms with Crippen molar-refractivity contribution in [2.75, 3.05) is 12.5 Å². The van der Waals surface area contributed by atoms with E-state index in [1.807, 2.05) is 0 Å². The highest BCUT2D eigenvalue weighted by molar-refractivity contribution is 7.89. The van der Waals surface area contributed by atoms with Gasteiger partial charge in [-0.3, -0.25) is 0 Å². The molecule has 0 heterocycles. The average Bonchev–Trinajstić information content (AvgIpc) is 1.72. The van der Waals surface area contributed by atoms with Crippen LogP contribution >= 0.6 is 0 Å². The summed E-state index contributed by atoms with van der Waals surface area (Å²) in [5, 5.41) is 0. The topological polar surface area (TPSA) is 145 Å². The van der Waals surface area contributed by atoms with E-state index in [4.69, 9.17) is 11.5 Å². The Hall–Kier alpha value is -1.16. The second-order valence-corrected chi connectivity index (χ2v) is 6.23. The fourth-order valence-corrected chi connectivity index (χ4v) is 1.57. The van der Waals surface area contributed by atoms with Crippen molar-refractivity contribution in [3.8, 4) is 0 Å². The molecule has 0 aromatic carbocycles. The van der Waals surface area contributed by atoms with Crippen molar-refractivity contribution < 1.29 is 16.8 Å². The fourth-order valence-electron chi connectivity index (χ4n) is 0.523.